The van der Waals surface area contributed by atoms with Gasteiger partial charge < -0.3 is 25.1 Å². The second kappa shape index (κ2) is 8.73. The number of aromatic nitrogens is 3. The van der Waals surface area contributed by atoms with E-state index in [1.807, 2.05) is 0 Å². The summed E-state index contributed by atoms with van der Waals surface area (Å²) in [5, 5.41) is 26.2. The number of hydrogen-bond acceptors (Lipinski definition) is 8. The summed E-state index contributed by atoms with van der Waals surface area (Å²) >= 11 is 0. The van der Waals surface area contributed by atoms with Gasteiger partial charge in [0.15, 0.2) is 5.69 Å². The monoisotopic (exact) mass is 470 g/mol. The number of ether oxygens (including phenoxy) is 1. The number of rotatable bonds is 2. The number of hydrogen-bond donors (Lipinski definition) is 3. The van der Waals surface area contributed by atoms with E-state index in [2.05, 4.69) is 15.2 Å². The Bertz CT molecular complexity index is 949. The van der Waals surface area contributed by atoms with Gasteiger partial charge in [0.2, 0.25) is 11.5 Å². The third kappa shape index (κ3) is 4.75. The number of nitrogen functional groups attached to an aromatic ring is 1. The van der Waals surface area contributed by atoms with Crippen LogP contribution in [0.5, 0.6) is 5.88 Å². The molecular weight excluding hydrogens is 450 g/mol. The predicted octanol–water partition coefficient (Wildman–Crippen LogP) is 3.58. The SMILES string of the molecule is Nc1cc(C(F)(F)F)c2nc1-c1nnc(o1)[C@@](O)(C(F)(F)F)CCCCC[C@H](CCO)O2. The molecule has 0 spiro atoms. The maximum Gasteiger partial charge on any atom is 0.426 e. The fourth-order valence-corrected chi connectivity index (χ4v) is 3.33. The summed E-state index contributed by atoms with van der Waals surface area (Å²) in [7, 11) is 0. The molecule has 3 rings (SSSR count). The average Bonchev–Trinajstić information content (AvgIpc) is 3.16. The van der Waals surface area contributed by atoms with E-state index in [0.717, 1.165) is 0 Å². The zero-order chi connectivity index (χ0) is 23.7. The first-order chi connectivity index (χ1) is 14.9. The molecule has 0 aliphatic carbocycles. The van der Waals surface area contributed by atoms with Gasteiger partial charge in [0.1, 0.15) is 11.7 Å². The molecule has 4 N–H and O–H groups in total. The third-order valence-corrected chi connectivity index (χ3v) is 5.07. The van der Waals surface area contributed by atoms with Gasteiger partial charge in [-0.05, 0) is 31.7 Å². The molecule has 32 heavy (non-hydrogen) atoms. The first-order valence-electron chi connectivity index (χ1n) is 9.65. The van der Waals surface area contributed by atoms with Crippen molar-refractivity contribution in [2.45, 2.75) is 62.6 Å². The summed E-state index contributed by atoms with van der Waals surface area (Å²) in [4.78, 5) is 3.71. The maximum absolute atomic E-state index is 13.6. The Hall–Kier alpha value is -2.61. The van der Waals surface area contributed by atoms with Gasteiger partial charge in [-0.2, -0.15) is 26.3 Å². The molecule has 0 amide bonds. The summed E-state index contributed by atoms with van der Waals surface area (Å²) in [5.74, 6) is -2.77. The van der Waals surface area contributed by atoms with Gasteiger partial charge in [-0.25, -0.2) is 4.98 Å². The van der Waals surface area contributed by atoms with Crippen LogP contribution < -0.4 is 10.5 Å². The summed E-state index contributed by atoms with van der Waals surface area (Å²) in [6, 6.07) is 0.499. The van der Waals surface area contributed by atoms with Crippen molar-refractivity contribution in [3.63, 3.8) is 0 Å². The molecule has 0 unspecified atom stereocenters. The summed E-state index contributed by atoms with van der Waals surface area (Å²) in [5.41, 5.74) is -0.240. The molecule has 3 heterocycles. The number of nitrogens with two attached hydrogens (primary N) is 1. The van der Waals surface area contributed by atoms with Gasteiger partial charge in [-0.15, -0.1) is 10.2 Å². The van der Waals surface area contributed by atoms with Crippen LogP contribution in [-0.4, -0.2) is 44.3 Å². The Morgan fingerprint density at radius 3 is 2.47 bits per heavy atom. The minimum absolute atomic E-state index is 0.0319. The van der Waals surface area contributed by atoms with E-state index in [-0.39, 0.29) is 32.1 Å². The standard InChI is InChI=1S/C18H20F6N4O4/c19-17(20,21)10-8-11(25)12-14-27-28-15(32-14)16(30,18(22,23)24)6-3-1-2-4-9(5-7-29)31-13(10)26-12/h8-9,29-30H,1-7,25H2/t9-,16-/m1/s1. The minimum Gasteiger partial charge on any atom is -0.474 e. The zero-order valence-corrected chi connectivity index (χ0v) is 16.5. The second-order valence-corrected chi connectivity index (χ2v) is 7.40. The number of fused-ring (bicyclic) bond motifs is 5. The summed E-state index contributed by atoms with van der Waals surface area (Å²) in [6.45, 7) is -0.394. The van der Waals surface area contributed by atoms with Crippen LogP contribution in [0.3, 0.4) is 0 Å². The molecule has 1 aliphatic rings. The smallest absolute Gasteiger partial charge is 0.426 e. The van der Waals surface area contributed by atoms with Gasteiger partial charge in [-0.3, -0.25) is 0 Å². The zero-order valence-electron chi connectivity index (χ0n) is 16.5. The molecule has 2 aromatic heterocycles. The third-order valence-electron chi connectivity index (χ3n) is 5.07. The summed E-state index contributed by atoms with van der Waals surface area (Å²) < 4.78 is 91.8. The highest BCUT2D eigenvalue weighted by Gasteiger charge is 2.58. The molecule has 0 saturated carbocycles. The van der Waals surface area contributed by atoms with Crippen LogP contribution in [-0.2, 0) is 11.8 Å². The van der Waals surface area contributed by atoms with Crippen LogP contribution >= 0.6 is 0 Å². The largest absolute Gasteiger partial charge is 0.474 e. The Morgan fingerprint density at radius 2 is 1.84 bits per heavy atom. The lowest BCUT2D eigenvalue weighted by Crippen LogP contribution is -2.42. The van der Waals surface area contributed by atoms with E-state index < -0.39 is 71.7 Å². The van der Waals surface area contributed by atoms with Crippen molar-refractivity contribution in [2.75, 3.05) is 12.3 Å². The number of pyridine rings is 1. The predicted molar refractivity (Wildman–Crippen MR) is 96.1 cm³/mol. The second-order valence-electron chi connectivity index (χ2n) is 7.40. The number of halogens is 6. The number of nitrogens with zero attached hydrogens (tertiary/aromatic N) is 3. The lowest BCUT2D eigenvalue weighted by atomic mass is 9.94. The van der Waals surface area contributed by atoms with Crippen molar-refractivity contribution < 1.29 is 45.7 Å². The molecule has 0 fully saturated rings. The van der Waals surface area contributed by atoms with Crippen molar-refractivity contribution in [1.82, 2.24) is 15.2 Å². The first kappa shape index (κ1) is 24.0. The van der Waals surface area contributed by atoms with Crippen LogP contribution in [0.15, 0.2) is 10.5 Å². The molecule has 2 atom stereocenters. The van der Waals surface area contributed by atoms with Gasteiger partial charge >= 0.3 is 12.4 Å². The van der Waals surface area contributed by atoms with E-state index in [1.165, 1.54) is 0 Å². The van der Waals surface area contributed by atoms with Crippen LogP contribution in [0.25, 0.3) is 11.6 Å². The van der Waals surface area contributed by atoms with Crippen LogP contribution in [0, 0.1) is 0 Å². The number of anilines is 1. The normalized spacial score (nSPS) is 22.8. The van der Waals surface area contributed by atoms with Crippen molar-refractivity contribution >= 4 is 5.69 Å². The molecule has 4 bridgehead atoms. The number of alkyl halides is 6. The molecule has 1 aliphatic heterocycles. The van der Waals surface area contributed by atoms with Crippen molar-refractivity contribution in [3.8, 4) is 17.5 Å². The minimum atomic E-state index is -5.15. The highest BCUT2D eigenvalue weighted by atomic mass is 19.4. The highest BCUT2D eigenvalue weighted by molar-refractivity contribution is 5.68. The van der Waals surface area contributed by atoms with Crippen molar-refractivity contribution in [2.24, 2.45) is 0 Å². The quantitative estimate of drug-likeness (QED) is 0.569. The van der Waals surface area contributed by atoms with Crippen LogP contribution in [0.1, 0.15) is 50.0 Å². The Labute approximate surface area is 177 Å². The van der Waals surface area contributed by atoms with E-state index >= 15 is 0 Å². The van der Waals surface area contributed by atoms with E-state index in [4.69, 9.17) is 14.9 Å². The number of aliphatic hydroxyl groups is 2. The molecule has 0 saturated heterocycles. The lowest BCUT2D eigenvalue weighted by Gasteiger charge is -2.27. The maximum atomic E-state index is 13.6. The van der Waals surface area contributed by atoms with Crippen molar-refractivity contribution in [1.29, 1.82) is 0 Å². The molecule has 8 nitrogen and oxygen atoms in total. The molecular formula is C18H20F6N4O4. The van der Waals surface area contributed by atoms with E-state index in [1.54, 1.807) is 0 Å². The van der Waals surface area contributed by atoms with Crippen LogP contribution in [0.4, 0.5) is 32.0 Å². The molecule has 178 valence electrons. The molecule has 2 aromatic rings. The topological polar surface area (TPSA) is 128 Å². The van der Waals surface area contributed by atoms with E-state index in [0.29, 0.717) is 6.07 Å². The molecule has 0 aromatic carbocycles. The summed E-state index contributed by atoms with van der Waals surface area (Å²) in [6.07, 6.45) is -11.3. The number of aliphatic hydroxyl groups excluding tert-OH is 1. The Balaban J connectivity index is 2.17. The van der Waals surface area contributed by atoms with Gasteiger partial charge in [0, 0.05) is 13.0 Å². The molecule has 14 heteroatoms. The van der Waals surface area contributed by atoms with Crippen LogP contribution in [0.2, 0.25) is 0 Å². The van der Waals surface area contributed by atoms with Gasteiger partial charge in [0.05, 0.1) is 5.69 Å². The van der Waals surface area contributed by atoms with E-state index in [9.17, 15) is 36.6 Å². The van der Waals surface area contributed by atoms with Gasteiger partial charge in [-0.1, -0.05) is 6.42 Å². The molecule has 0 radical (unpaired) electrons. The average molecular weight is 470 g/mol. The first-order valence-corrected chi connectivity index (χ1v) is 9.65. The lowest BCUT2D eigenvalue weighted by molar-refractivity contribution is -0.277. The van der Waals surface area contributed by atoms with Crippen molar-refractivity contribution in [3.05, 3.63) is 17.5 Å². The Morgan fingerprint density at radius 1 is 1.12 bits per heavy atom. The Kier molecular flexibility index (Phi) is 6.56. The highest BCUT2D eigenvalue weighted by Crippen LogP contribution is 2.44. The fraction of sp³-hybridized carbons (Fsp3) is 0.611. The van der Waals surface area contributed by atoms with Gasteiger partial charge in [0.25, 0.3) is 11.8 Å². The fourth-order valence-electron chi connectivity index (χ4n) is 3.33.